The van der Waals surface area contributed by atoms with Crippen LogP contribution in [-0.2, 0) is 11.3 Å². The normalized spacial score (nSPS) is 23.3. The van der Waals surface area contributed by atoms with Gasteiger partial charge in [-0.25, -0.2) is 0 Å². The zero-order chi connectivity index (χ0) is 13.8. The van der Waals surface area contributed by atoms with Crippen LogP contribution in [0.3, 0.4) is 0 Å². The molecule has 1 saturated carbocycles. The lowest BCUT2D eigenvalue weighted by Gasteiger charge is -2.27. The Balaban J connectivity index is 1.82. The third-order valence-corrected chi connectivity index (χ3v) is 4.43. The van der Waals surface area contributed by atoms with Crippen molar-refractivity contribution >= 4 is 40.2 Å². The summed E-state index contributed by atoms with van der Waals surface area (Å²) < 4.78 is 1.14. The van der Waals surface area contributed by atoms with Crippen molar-refractivity contribution in [2.24, 2.45) is 5.92 Å². The van der Waals surface area contributed by atoms with E-state index >= 15 is 0 Å². The molecular formula is C14H17ClINO2. The molecule has 1 aliphatic rings. The average Bonchev–Trinajstić information content (AvgIpc) is 2.36. The van der Waals surface area contributed by atoms with Crippen LogP contribution in [0.2, 0.25) is 5.02 Å². The predicted octanol–water partition coefficient (Wildman–Crippen LogP) is 3.68. The number of hydrogen-bond acceptors (Lipinski definition) is 2. The van der Waals surface area contributed by atoms with E-state index in [0.717, 1.165) is 40.8 Å². The van der Waals surface area contributed by atoms with E-state index in [1.165, 1.54) is 5.56 Å². The van der Waals surface area contributed by atoms with Crippen LogP contribution < -0.4 is 5.32 Å². The van der Waals surface area contributed by atoms with E-state index in [1.807, 2.05) is 12.1 Å². The van der Waals surface area contributed by atoms with E-state index in [9.17, 15) is 4.79 Å². The van der Waals surface area contributed by atoms with E-state index in [1.54, 1.807) is 0 Å². The van der Waals surface area contributed by atoms with Gasteiger partial charge in [-0.15, -0.1) is 0 Å². The smallest absolute Gasteiger partial charge is 0.306 e. The molecule has 3 nitrogen and oxygen atoms in total. The van der Waals surface area contributed by atoms with Gasteiger partial charge in [0.25, 0.3) is 0 Å². The number of rotatable bonds is 4. The molecule has 104 valence electrons. The van der Waals surface area contributed by atoms with E-state index in [4.69, 9.17) is 16.7 Å². The number of carboxylic acids is 1. The Morgan fingerprint density at radius 1 is 1.32 bits per heavy atom. The highest BCUT2D eigenvalue weighted by molar-refractivity contribution is 14.1. The molecular weight excluding hydrogens is 377 g/mol. The van der Waals surface area contributed by atoms with Crippen molar-refractivity contribution in [1.82, 2.24) is 5.32 Å². The highest BCUT2D eigenvalue weighted by Crippen LogP contribution is 2.25. The number of benzene rings is 1. The summed E-state index contributed by atoms with van der Waals surface area (Å²) in [5.41, 5.74) is 1.18. The SMILES string of the molecule is O=C(O)C1CCC(NCc2cc(Cl)cc(I)c2)CC1. The first-order chi connectivity index (χ1) is 9.04. The number of carbonyl (C=O) groups is 1. The van der Waals surface area contributed by atoms with Crippen LogP contribution >= 0.6 is 34.2 Å². The number of nitrogens with one attached hydrogen (secondary N) is 1. The molecule has 1 fully saturated rings. The molecule has 0 atom stereocenters. The molecule has 1 aromatic rings. The molecule has 0 aliphatic heterocycles. The highest BCUT2D eigenvalue weighted by Gasteiger charge is 2.25. The Labute approximate surface area is 131 Å². The Morgan fingerprint density at radius 3 is 2.58 bits per heavy atom. The summed E-state index contributed by atoms with van der Waals surface area (Å²) in [6, 6.07) is 6.44. The van der Waals surface area contributed by atoms with E-state index in [0.29, 0.717) is 6.04 Å². The summed E-state index contributed by atoms with van der Waals surface area (Å²) >= 11 is 8.29. The van der Waals surface area contributed by atoms with E-state index in [-0.39, 0.29) is 5.92 Å². The first kappa shape index (κ1) is 15.1. The molecule has 1 aromatic carbocycles. The second-order valence-electron chi connectivity index (χ2n) is 5.05. The lowest BCUT2D eigenvalue weighted by atomic mass is 9.86. The number of halogens is 2. The third-order valence-electron chi connectivity index (χ3n) is 3.59. The Bertz CT molecular complexity index is 439. The molecule has 0 unspecified atom stereocenters. The first-order valence-electron chi connectivity index (χ1n) is 6.46. The van der Waals surface area contributed by atoms with Gasteiger partial charge in [0, 0.05) is 21.2 Å². The Morgan fingerprint density at radius 2 is 2.00 bits per heavy atom. The maximum Gasteiger partial charge on any atom is 0.306 e. The van der Waals surface area contributed by atoms with Gasteiger partial charge in [0.1, 0.15) is 0 Å². The molecule has 0 amide bonds. The van der Waals surface area contributed by atoms with Crippen molar-refractivity contribution in [3.63, 3.8) is 0 Å². The molecule has 5 heteroatoms. The van der Waals surface area contributed by atoms with Gasteiger partial charge in [0.15, 0.2) is 0 Å². The standard InChI is InChI=1S/C14H17ClINO2/c15-11-5-9(6-12(16)7-11)8-17-13-3-1-10(2-4-13)14(18)19/h5-7,10,13,17H,1-4,8H2,(H,18,19). The molecule has 2 N–H and O–H groups in total. The number of hydrogen-bond donors (Lipinski definition) is 2. The minimum absolute atomic E-state index is 0.148. The maximum atomic E-state index is 10.9. The summed E-state index contributed by atoms with van der Waals surface area (Å²) in [7, 11) is 0. The molecule has 0 bridgehead atoms. The summed E-state index contributed by atoms with van der Waals surface area (Å²) in [5.74, 6) is -0.798. The van der Waals surface area contributed by atoms with Crippen molar-refractivity contribution < 1.29 is 9.90 Å². The van der Waals surface area contributed by atoms with Gasteiger partial charge in [-0.3, -0.25) is 4.79 Å². The van der Waals surface area contributed by atoms with Crippen LogP contribution in [0.15, 0.2) is 18.2 Å². The van der Waals surface area contributed by atoms with Gasteiger partial charge < -0.3 is 10.4 Å². The van der Waals surface area contributed by atoms with Crippen molar-refractivity contribution in [3.05, 3.63) is 32.4 Å². The molecule has 19 heavy (non-hydrogen) atoms. The van der Waals surface area contributed by atoms with Gasteiger partial charge in [0.2, 0.25) is 0 Å². The molecule has 0 saturated heterocycles. The van der Waals surface area contributed by atoms with E-state index < -0.39 is 5.97 Å². The fraction of sp³-hybridized carbons (Fsp3) is 0.500. The number of carboxylic acid groups (broad SMARTS) is 1. The average molecular weight is 394 g/mol. The van der Waals surface area contributed by atoms with Crippen LogP contribution in [-0.4, -0.2) is 17.1 Å². The minimum atomic E-state index is -0.650. The number of aliphatic carboxylic acids is 1. The lowest BCUT2D eigenvalue weighted by molar-refractivity contribution is -0.142. The molecule has 0 radical (unpaired) electrons. The van der Waals surface area contributed by atoms with Crippen molar-refractivity contribution in [3.8, 4) is 0 Å². The van der Waals surface area contributed by atoms with Crippen molar-refractivity contribution in [2.75, 3.05) is 0 Å². The van der Waals surface area contributed by atoms with Crippen LogP contribution in [0.5, 0.6) is 0 Å². The zero-order valence-electron chi connectivity index (χ0n) is 10.5. The third kappa shape index (κ3) is 4.61. The predicted molar refractivity (Wildman–Crippen MR) is 84.4 cm³/mol. The van der Waals surface area contributed by atoms with Gasteiger partial charge in [-0.1, -0.05) is 11.6 Å². The Kier molecular flexibility index (Phi) is 5.47. The molecule has 0 heterocycles. The summed E-state index contributed by atoms with van der Waals surface area (Å²) in [6.07, 6.45) is 3.43. The van der Waals surface area contributed by atoms with E-state index in [2.05, 4.69) is 34.0 Å². The van der Waals surface area contributed by atoms with Crippen molar-refractivity contribution in [1.29, 1.82) is 0 Å². The summed E-state index contributed by atoms with van der Waals surface area (Å²) in [6.45, 7) is 0.791. The first-order valence-corrected chi connectivity index (χ1v) is 7.91. The summed E-state index contributed by atoms with van der Waals surface area (Å²) in [5, 5.41) is 13.2. The van der Waals surface area contributed by atoms with Crippen LogP contribution in [0.1, 0.15) is 31.2 Å². The summed E-state index contributed by atoms with van der Waals surface area (Å²) in [4.78, 5) is 10.9. The molecule has 0 aromatic heterocycles. The lowest BCUT2D eigenvalue weighted by Crippen LogP contribution is -2.34. The second-order valence-corrected chi connectivity index (χ2v) is 6.73. The van der Waals surface area contributed by atoms with Crippen LogP contribution in [0.25, 0.3) is 0 Å². The minimum Gasteiger partial charge on any atom is -0.481 e. The molecule has 0 spiro atoms. The van der Waals surface area contributed by atoms with Gasteiger partial charge in [-0.2, -0.15) is 0 Å². The fourth-order valence-corrected chi connectivity index (χ4v) is 3.70. The van der Waals surface area contributed by atoms with Gasteiger partial charge in [0.05, 0.1) is 5.92 Å². The molecule has 1 aliphatic carbocycles. The van der Waals surface area contributed by atoms with Gasteiger partial charge >= 0.3 is 5.97 Å². The second kappa shape index (κ2) is 6.90. The maximum absolute atomic E-state index is 10.9. The van der Waals surface area contributed by atoms with Crippen LogP contribution in [0, 0.1) is 9.49 Å². The largest absolute Gasteiger partial charge is 0.481 e. The Hall–Kier alpha value is -0.330. The fourth-order valence-electron chi connectivity index (χ4n) is 2.52. The topological polar surface area (TPSA) is 49.3 Å². The quantitative estimate of drug-likeness (QED) is 0.767. The monoisotopic (exact) mass is 393 g/mol. The highest BCUT2D eigenvalue weighted by atomic mass is 127. The van der Waals surface area contributed by atoms with Crippen molar-refractivity contribution in [2.45, 2.75) is 38.3 Å². The van der Waals surface area contributed by atoms with Crippen LogP contribution in [0.4, 0.5) is 0 Å². The molecule has 2 rings (SSSR count). The van der Waals surface area contributed by atoms with Gasteiger partial charge in [-0.05, 0) is 72.0 Å². The zero-order valence-corrected chi connectivity index (χ0v) is 13.4.